The maximum Gasteiger partial charge on any atom is 0.308 e. The monoisotopic (exact) mass is 266 g/mol. The van der Waals surface area contributed by atoms with Gasteiger partial charge in [-0.25, -0.2) is 0 Å². The van der Waals surface area contributed by atoms with Crippen LogP contribution in [-0.2, 0) is 14.3 Å². The van der Waals surface area contributed by atoms with Gasteiger partial charge in [0.2, 0.25) is 6.29 Å². The van der Waals surface area contributed by atoms with Crippen molar-refractivity contribution in [1.82, 2.24) is 0 Å². The van der Waals surface area contributed by atoms with E-state index in [1.165, 1.54) is 32.0 Å². The van der Waals surface area contributed by atoms with E-state index in [0.717, 1.165) is 0 Å². The summed E-state index contributed by atoms with van der Waals surface area (Å²) in [5.74, 6) is -0.0441. The summed E-state index contributed by atoms with van der Waals surface area (Å²) in [6, 6.07) is 4.50. The molecule has 6 heteroatoms. The number of esters is 2. The number of hydrogen-bond donors (Lipinski definition) is 0. The number of carbonyl (C=O) groups excluding carboxylic acids is 2. The van der Waals surface area contributed by atoms with E-state index in [9.17, 15) is 9.59 Å². The Balaban J connectivity index is 2.19. The van der Waals surface area contributed by atoms with Crippen molar-refractivity contribution in [2.75, 3.05) is 0 Å². The van der Waals surface area contributed by atoms with Gasteiger partial charge in [-0.3, -0.25) is 9.59 Å². The lowest BCUT2D eigenvalue weighted by molar-refractivity contribution is -0.132. The summed E-state index contributed by atoms with van der Waals surface area (Å²) in [6.45, 7) is 4.43. The minimum absolute atomic E-state index is 0.0227. The first-order chi connectivity index (χ1) is 8.94. The second-order valence-electron chi connectivity index (χ2n) is 4.15. The molecule has 1 heterocycles. The molecule has 1 saturated heterocycles. The quantitative estimate of drug-likeness (QED) is 0.468. The average molecular weight is 266 g/mol. The highest BCUT2D eigenvalue weighted by Gasteiger charge is 2.36. The average Bonchev–Trinajstić information content (AvgIpc) is 2.91. The van der Waals surface area contributed by atoms with Crippen LogP contribution in [0.1, 0.15) is 20.8 Å². The molecule has 0 radical (unpaired) electrons. The number of carbonyl (C=O) groups is 2. The molecule has 2 atom stereocenters. The topological polar surface area (TPSA) is 74.4 Å². The van der Waals surface area contributed by atoms with Crippen LogP contribution in [0.15, 0.2) is 18.2 Å². The molecule has 0 aromatic heterocycles. The van der Waals surface area contributed by atoms with Crippen molar-refractivity contribution in [1.29, 1.82) is 0 Å². The third kappa shape index (κ3) is 3.96. The van der Waals surface area contributed by atoms with Gasteiger partial charge >= 0.3 is 11.9 Å². The van der Waals surface area contributed by atoms with Crippen molar-refractivity contribution in [2.45, 2.75) is 33.2 Å². The molecule has 1 aliphatic heterocycles. The van der Waals surface area contributed by atoms with Crippen molar-refractivity contribution in [3.63, 3.8) is 0 Å². The van der Waals surface area contributed by atoms with E-state index in [4.69, 9.17) is 18.9 Å². The van der Waals surface area contributed by atoms with E-state index in [0.29, 0.717) is 5.75 Å². The van der Waals surface area contributed by atoms with Crippen LogP contribution in [-0.4, -0.2) is 24.3 Å². The lowest BCUT2D eigenvalue weighted by atomic mass is 10.3. The number of hydrogen-bond acceptors (Lipinski definition) is 6. The summed E-state index contributed by atoms with van der Waals surface area (Å²) in [5, 5.41) is 0. The van der Waals surface area contributed by atoms with Gasteiger partial charge < -0.3 is 18.9 Å². The summed E-state index contributed by atoms with van der Waals surface area (Å²) >= 11 is 0. The minimum atomic E-state index is -0.470. The van der Waals surface area contributed by atoms with Gasteiger partial charge in [0.15, 0.2) is 0 Å². The molecule has 2 rings (SSSR count). The van der Waals surface area contributed by atoms with Gasteiger partial charge in [-0.15, -0.1) is 0 Å². The van der Waals surface area contributed by atoms with E-state index in [1.54, 1.807) is 0 Å². The van der Waals surface area contributed by atoms with E-state index in [2.05, 4.69) is 0 Å². The van der Waals surface area contributed by atoms with Crippen LogP contribution in [0.2, 0.25) is 0 Å². The Kier molecular flexibility index (Phi) is 3.71. The van der Waals surface area contributed by atoms with Crippen molar-refractivity contribution < 1.29 is 28.5 Å². The first-order valence-corrected chi connectivity index (χ1v) is 5.78. The number of ether oxygens (including phenoxy) is 4. The Hall–Kier alpha value is -2.08. The molecular formula is C13H14O6. The van der Waals surface area contributed by atoms with Crippen LogP contribution >= 0.6 is 0 Å². The Labute approximate surface area is 110 Å². The van der Waals surface area contributed by atoms with Crippen molar-refractivity contribution in [3.8, 4) is 17.2 Å². The molecular weight excluding hydrogens is 252 g/mol. The molecule has 0 saturated carbocycles. The van der Waals surface area contributed by atoms with Gasteiger partial charge in [0.25, 0.3) is 0 Å². The second kappa shape index (κ2) is 5.27. The molecule has 0 aliphatic carbocycles. The fraction of sp³-hybridized carbons (Fsp3) is 0.385. The van der Waals surface area contributed by atoms with Gasteiger partial charge in [-0.05, 0) is 6.92 Å². The molecule has 102 valence electrons. The van der Waals surface area contributed by atoms with Gasteiger partial charge in [0.05, 0.1) is 0 Å². The molecule has 1 aliphatic rings. The maximum absolute atomic E-state index is 10.9. The Morgan fingerprint density at radius 2 is 1.42 bits per heavy atom. The Morgan fingerprint density at radius 3 is 1.79 bits per heavy atom. The Morgan fingerprint density at radius 1 is 1.00 bits per heavy atom. The smallest absolute Gasteiger partial charge is 0.308 e. The highest BCUT2D eigenvalue weighted by Crippen LogP contribution is 2.32. The molecule has 1 unspecified atom stereocenters. The summed E-state index contributed by atoms with van der Waals surface area (Å²) in [6.07, 6.45) is -0.299. The summed E-state index contributed by atoms with van der Waals surface area (Å²) in [7, 11) is 0. The summed E-state index contributed by atoms with van der Waals surface area (Å²) < 4.78 is 20.5. The largest absolute Gasteiger partial charge is 0.462 e. The number of rotatable bonds is 4. The molecule has 19 heavy (non-hydrogen) atoms. The lowest BCUT2D eigenvalue weighted by Gasteiger charge is -2.09. The van der Waals surface area contributed by atoms with Gasteiger partial charge in [0, 0.05) is 32.0 Å². The van der Waals surface area contributed by atoms with Crippen LogP contribution in [0.4, 0.5) is 0 Å². The van der Waals surface area contributed by atoms with Crippen LogP contribution < -0.4 is 14.2 Å². The first-order valence-electron chi connectivity index (χ1n) is 5.78. The van der Waals surface area contributed by atoms with Crippen LogP contribution in [0.3, 0.4) is 0 Å². The second-order valence-corrected chi connectivity index (χ2v) is 4.15. The predicted octanol–water partition coefficient (Wildman–Crippen LogP) is 1.66. The minimum Gasteiger partial charge on any atom is -0.462 e. The SMILES string of the molecule is CC(=O)Oc1cc(OC(C)=O)cc(OC2O[C@@H]2C)c1. The highest BCUT2D eigenvalue weighted by molar-refractivity contribution is 5.71. The van der Waals surface area contributed by atoms with Crippen molar-refractivity contribution in [3.05, 3.63) is 18.2 Å². The van der Waals surface area contributed by atoms with Crippen molar-refractivity contribution >= 4 is 11.9 Å². The summed E-state index contributed by atoms with van der Waals surface area (Å²) in [5.41, 5.74) is 0. The zero-order chi connectivity index (χ0) is 14.0. The standard InChI is InChI=1S/C13H14O6/c1-7-13(16-7)19-12-5-10(17-8(2)14)4-11(6-12)18-9(3)15/h4-7,13H,1-3H3/t7-,13?/m1/s1. The first kappa shape index (κ1) is 13.4. The van der Waals surface area contributed by atoms with E-state index >= 15 is 0 Å². The van der Waals surface area contributed by atoms with E-state index in [1.807, 2.05) is 6.92 Å². The molecule has 6 nitrogen and oxygen atoms in total. The predicted molar refractivity (Wildman–Crippen MR) is 64.0 cm³/mol. The van der Waals surface area contributed by atoms with Crippen LogP contribution in [0.5, 0.6) is 17.2 Å². The van der Waals surface area contributed by atoms with Gasteiger partial charge in [-0.1, -0.05) is 0 Å². The van der Waals surface area contributed by atoms with Crippen LogP contribution in [0, 0.1) is 0 Å². The normalized spacial score (nSPS) is 20.6. The van der Waals surface area contributed by atoms with E-state index in [-0.39, 0.29) is 23.9 Å². The molecule has 1 aromatic rings. The summed E-state index contributed by atoms with van der Waals surface area (Å²) in [4.78, 5) is 21.9. The van der Waals surface area contributed by atoms with Gasteiger partial charge in [-0.2, -0.15) is 0 Å². The fourth-order valence-corrected chi connectivity index (χ4v) is 1.49. The molecule has 0 spiro atoms. The number of epoxide rings is 1. The lowest BCUT2D eigenvalue weighted by Crippen LogP contribution is -2.06. The van der Waals surface area contributed by atoms with Crippen LogP contribution in [0.25, 0.3) is 0 Å². The third-order valence-corrected chi connectivity index (χ3v) is 2.28. The third-order valence-electron chi connectivity index (χ3n) is 2.28. The van der Waals surface area contributed by atoms with Crippen molar-refractivity contribution in [2.24, 2.45) is 0 Å². The fourth-order valence-electron chi connectivity index (χ4n) is 1.49. The molecule has 1 aromatic carbocycles. The zero-order valence-corrected chi connectivity index (χ0v) is 10.8. The molecule has 0 N–H and O–H groups in total. The zero-order valence-electron chi connectivity index (χ0n) is 10.8. The highest BCUT2D eigenvalue weighted by atomic mass is 16.8. The number of benzene rings is 1. The molecule has 1 fully saturated rings. The Bertz CT molecular complexity index is 476. The maximum atomic E-state index is 10.9. The van der Waals surface area contributed by atoms with E-state index < -0.39 is 11.9 Å². The van der Waals surface area contributed by atoms with Gasteiger partial charge in [0.1, 0.15) is 23.4 Å². The molecule has 0 bridgehead atoms. The molecule has 0 amide bonds.